The van der Waals surface area contributed by atoms with Gasteiger partial charge in [0.15, 0.2) is 5.69 Å². The molecule has 2 aromatic heterocycles. The van der Waals surface area contributed by atoms with Gasteiger partial charge in [-0.25, -0.2) is 14.3 Å². The van der Waals surface area contributed by atoms with Gasteiger partial charge in [-0.05, 0) is 43.3 Å². The highest BCUT2D eigenvalue weighted by molar-refractivity contribution is 5.92. The van der Waals surface area contributed by atoms with E-state index in [0.717, 1.165) is 6.20 Å². The molecule has 0 unspecified atom stereocenters. The second kappa shape index (κ2) is 9.12. The van der Waals surface area contributed by atoms with Crippen molar-refractivity contribution in [2.45, 2.75) is 19.6 Å². The third-order valence-electron chi connectivity index (χ3n) is 5.28. The summed E-state index contributed by atoms with van der Waals surface area (Å²) in [6, 6.07) is 12.5. The van der Waals surface area contributed by atoms with Crippen molar-refractivity contribution in [3.63, 3.8) is 0 Å². The fourth-order valence-corrected chi connectivity index (χ4v) is 3.72. The first-order valence-electron chi connectivity index (χ1n) is 10.5. The molecule has 0 radical (unpaired) electrons. The van der Waals surface area contributed by atoms with E-state index in [1.165, 1.54) is 40.3 Å². The van der Waals surface area contributed by atoms with Crippen molar-refractivity contribution in [1.29, 1.82) is 0 Å². The summed E-state index contributed by atoms with van der Waals surface area (Å²) >= 11 is 0. The van der Waals surface area contributed by atoms with E-state index in [0.29, 0.717) is 21.4 Å². The number of hydrogen-bond donors (Lipinski definition) is 1. The first-order chi connectivity index (χ1) is 16.6. The number of ether oxygens (including phenoxy) is 1. The second-order valence-electron chi connectivity index (χ2n) is 7.55. The van der Waals surface area contributed by atoms with Crippen LogP contribution in [0.4, 0.5) is 18.9 Å². The van der Waals surface area contributed by atoms with E-state index in [2.05, 4.69) is 10.4 Å². The number of nitrogens with one attached hydrogen (secondary N) is 1. The van der Waals surface area contributed by atoms with E-state index in [9.17, 15) is 27.6 Å². The van der Waals surface area contributed by atoms with E-state index >= 15 is 0 Å². The Kier molecular flexibility index (Phi) is 6.20. The molecule has 12 heteroatoms. The molecular formula is C23H20F3N5O4. The molecule has 0 aliphatic heterocycles. The summed E-state index contributed by atoms with van der Waals surface area (Å²) in [4.78, 5) is 37.0. The molecule has 0 saturated carbocycles. The molecule has 0 atom stereocenters. The Hall–Kier alpha value is -4.35. The van der Waals surface area contributed by atoms with Crippen molar-refractivity contribution in [1.82, 2.24) is 18.9 Å². The molecule has 1 N–H and O–H groups in total. The first kappa shape index (κ1) is 23.8. The van der Waals surface area contributed by atoms with Crippen LogP contribution < -0.4 is 11.0 Å². The van der Waals surface area contributed by atoms with Crippen molar-refractivity contribution in [3.8, 4) is 5.69 Å². The van der Waals surface area contributed by atoms with Crippen LogP contribution in [0.15, 0.2) is 59.5 Å². The summed E-state index contributed by atoms with van der Waals surface area (Å²) in [5, 5.41) is 6.33. The maximum atomic E-state index is 13.7. The molecule has 0 bridgehead atoms. The number of benzene rings is 2. The lowest BCUT2D eigenvalue weighted by Crippen LogP contribution is -2.28. The molecule has 1 amide bonds. The molecule has 35 heavy (non-hydrogen) atoms. The SMILES string of the molecule is CCOC(=O)c1cnn(-c2ccc(NC(=O)Cn3c(=O)n(C)c4ccccc43)cc2)c1C(F)(F)F. The summed E-state index contributed by atoms with van der Waals surface area (Å²) < 4.78 is 49.1. The quantitative estimate of drug-likeness (QED) is 0.421. The Labute approximate surface area is 196 Å². The van der Waals surface area contributed by atoms with E-state index in [4.69, 9.17) is 4.74 Å². The number of rotatable bonds is 6. The molecule has 4 rings (SSSR count). The lowest BCUT2D eigenvalue weighted by atomic mass is 10.2. The Bertz CT molecular complexity index is 1470. The number of hydrogen-bond acceptors (Lipinski definition) is 5. The van der Waals surface area contributed by atoms with Gasteiger partial charge in [-0.1, -0.05) is 12.1 Å². The zero-order valence-corrected chi connectivity index (χ0v) is 18.7. The van der Waals surface area contributed by atoms with Crippen LogP contribution in [0, 0.1) is 0 Å². The average molecular weight is 487 g/mol. The number of anilines is 1. The highest BCUT2D eigenvalue weighted by Crippen LogP contribution is 2.34. The summed E-state index contributed by atoms with van der Waals surface area (Å²) in [5.41, 5.74) is -0.708. The van der Waals surface area contributed by atoms with Gasteiger partial charge in [0.2, 0.25) is 5.91 Å². The fraction of sp³-hybridized carbons (Fsp3) is 0.217. The Morgan fingerprint density at radius 2 is 1.71 bits per heavy atom. The second-order valence-corrected chi connectivity index (χ2v) is 7.55. The number of nitrogens with zero attached hydrogens (tertiary/aromatic N) is 4. The Morgan fingerprint density at radius 1 is 1.06 bits per heavy atom. The predicted octanol–water partition coefficient (Wildman–Crippen LogP) is 3.36. The van der Waals surface area contributed by atoms with Crippen LogP contribution in [0.5, 0.6) is 0 Å². The number of carbonyl (C=O) groups excluding carboxylic acids is 2. The maximum absolute atomic E-state index is 13.7. The lowest BCUT2D eigenvalue weighted by Gasteiger charge is -2.13. The monoisotopic (exact) mass is 487 g/mol. The molecule has 0 saturated heterocycles. The predicted molar refractivity (Wildman–Crippen MR) is 120 cm³/mol. The molecule has 0 fully saturated rings. The summed E-state index contributed by atoms with van der Waals surface area (Å²) in [7, 11) is 1.61. The van der Waals surface area contributed by atoms with Crippen LogP contribution in [0.2, 0.25) is 0 Å². The average Bonchev–Trinajstić information content (AvgIpc) is 3.37. The topological polar surface area (TPSA) is 100 Å². The van der Waals surface area contributed by atoms with Crippen molar-refractivity contribution in [3.05, 3.63) is 76.5 Å². The number of alkyl halides is 3. The van der Waals surface area contributed by atoms with Gasteiger partial charge in [-0.3, -0.25) is 13.9 Å². The Balaban J connectivity index is 1.56. The fourth-order valence-electron chi connectivity index (χ4n) is 3.72. The largest absolute Gasteiger partial charge is 0.462 e. The molecule has 2 heterocycles. The zero-order valence-electron chi connectivity index (χ0n) is 18.7. The third kappa shape index (κ3) is 4.54. The van der Waals surface area contributed by atoms with Crippen LogP contribution in [0.1, 0.15) is 23.0 Å². The van der Waals surface area contributed by atoms with Gasteiger partial charge >= 0.3 is 17.8 Å². The molecule has 0 aliphatic rings. The minimum Gasteiger partial charge on any atom is -0.462 e. The van der Waals surface area contributed by atoms with Crippen LogP contribution in [0.3, 0.4) is 0 Å². The highest BCUT2D eigenvalue weighted by atomic mass is 19.4. The molecule has 182 valence electrons. The van der Waals surface area contributed by atoms with Gasteiger partial charge in [0, 0.05) is 12.7 Å². The highest BCUT2D eigenvalue weighted by Gasteiger charge is 2.41. The molecular weight excluding hydrogens is 467 g/mol. The summed E-state index contributed by atoms with van der Waals surface area (Å²) in [6.07, 6.45) is -4.06. The normalized spacial score (nSPS) is 11.6. The first-order valence-corrected chi connectivity index (χ1v) is 10.5. The maximum Gasteiger partial charge on any atom is 0.434 e. The van der Waals surface area contributed by atoms with Gasteiger partial charge in [-0.2, -0.15) is 18.3 Å². The van der Waals surface area contributed by atoms with Crippen molar-refractivity contribution < 1.29 is 27.5 Å². The van der Waals surface area contributed by atoms with Crippen LogP contribution >= 0.6 is 0 Å². The van der Waals surface area contributed by atoms with E-state index < -0.39 is 29.3 Å². The van der Waals surface area contributed by atoms with Crippen LogP contribution in [0.25, 0.3) is 16.7 Å². The van der Waals surface area contributed by atoms with Gasteiger partial charge < -0.3 is 10.1 Å². The standard InChI is InChI=1S/C23H20F3N5O4/c1-3-35-21(33)16-12-27-31(20(16)23(24,25)26)15-10-8-14(9-11-15)28-19(32)13-30-18-7-5-4-6-17(18)29(2)22(30)34/h4-12H,3,13H2,1-2H3,(H,28,32). The minimum absolute atomic E-state index is 0.0242. The van der Waals surface area contributed by atoms with Crippen molar-refractivity contribution in [2.24, 2.45) is 7.05 Å². The minimum atomic E-state index is -4.86. The van der Waals surface area contributed by atoms with Gasteiger partial charge in [-0.15, -0.1) is 0 Å². The van der Waals surface area contributed by atoms with Gasteiger partial charge in [0.05, 0.1) is 29.5 Å². The molecule has 0 spiro atoms. The number of amides is 1. The number of imidazole rings is 1. The number of carbonyl (C=O) groups is 2. The molecule has 9 nitrogen and oxygen atoms in total. The summed E-state index contributed by atoms with van der Waals surface area (Å²) in [6.45, 7) is 1.15. The smallest absolute Gasteiger partial charge is 0.434 e. The third-order valence-corrected chi connectivity index (χ3v) is 5.28. The van der Waals surface area contributed by atoms with Crippen molar-refractivity contribution in [2.75, 3.05) is 11.9 Å². The molecule has 0 aliphatic carbocycles. The number of esters is 1. The molecule has 4 aromatic rings. The van der Waals surface area contributed by atoms with Gasteiger partial charge in [0.1, 0.15) is 12.1 Å². The number of aryl methyl sites for hydroxylation is 1. The Morgan fingerprint density at radius 3 is 2.34 bits per heavy atom. The van der Waals surface area contributed by atoms with Gasteiger partial charge in [0.25, 0.3) is 0 Å². The zero-order chi connectivity index (χ0) is 25.3. The number of halogens is 3. The number of aromatic nitrogens is 4. The van der Waals surface area contributed by atoms with Crippen LogP contribution in [-0.4, -0.2) is 37.4 Å². The molecule has 2 aromatic carbocycles. The summed E-state index contributed by atoms with van der Waals surface area (Å²) in [5.74, 6) is -1.62. The van der Waals surface area contributed by atoms with Crippen molar-refractivity contribution >= 4 is 28.6 Å². The van der Waals surface area contributed by atoms with E-state index in [-0.39, 0.29) is 24.5 Å². The van der Waals surface area contributed by atoms with Crippen LogP contribution in [-0.2, 0) is 29.3 Å². The van der Waals surface area contributed by atoms with E-state index in [1.54, 1.807) is 31.3 Å². The number of para-hydroxylation sites is 2. The lowest BCUT2D eigenvalue weighted by molar-refractivity contribution is -0.143. The number of fused-ring (bicyclic) bond motifs is 1. The van der Waals surface area contributed by atoms with E-state index in [1.807, 2.05) is 0 Å².